The number of furan rings is 1. The van der Waals surface area contributed by atoms with Crippen LogP contribution >= 0.6 is 0 Å². The molecule has 2 unspecified atom stereocenters. The van der Waals surface area contributed by atoms with Crippen molar-refractivity contribution in [2.45, 2.75) is 32.6 Å². The second-order valence-corrected chi connectivity index (χ2v) is 6.14. The first-order valence-corrected chi connectivity index (χ1v) is 7.71. The summed E-state index contributed by atoms with van der Waals surface area (Å²) in [4.78, 5) is 12.2. The monoisotopic (exact) mass is 286 g/mol. The van der Waals surface area contributed by atoms with Crippen LogP contribution in [0.1, 0.15) is 43.2 Å². The van der Waals surface area contributed by atoms with Gasteiger partial charge < -0.3 is 15.5 Å². The maximum atomic E-state index is 12.2. The number of nitrogen functional groups attached to an aromatic ring is 1. The summed E-state index contributed by atoms with van der Waals surface area (Å²) in [5.41, 5.74) is 7.11. The van der Waals surface area contributed by atoms with Crippen molar-refractivity contribution in [2.24, 2.45) is 11.8 Å². The van der Waals surface area contributed by atoms with Crippen LogP contribution in [0.2, 0.25) is 0 Å². The zero-order chi connectivity index (χ0) is 14.8. The number of fused-ring (bicyclic) bond motifs is 1. The van der Waals surface area contributed by atoms with Crippen LogP contribution in [-0.4, -0.2) is 12.5 Å². The molecule has 3 N–H and O–H groups in total. The largest absolute Gasteiger partial charge is 0.451 e. The van der Waals surface area contributed by atoms with Gasteiger partial charge in [0.15, 0.2) is 5.76 Å². The molecule has 2 aromatic rings. The Morgan fingerprint density at radius 3 is 2.95 bits per heavy atom. The highest BCUT2D eigenvalue weighted by molar-refractivity contribution is 5.96. The van der Waals surface area contributed by atoms with Crippen LogP contribution in [0.25, 0.3) is 11.0 Å². The Hall–Kier alpha value is -1.97. The summed E-state index contributed by atoms with van der Waals surface area (Å²) in [6.45, 7) is 3.01. The zero-order valence-electron chi connectivity index (χ0n) is 12.4. The fourth-order valence-electron chi connectivity index (χ4n) is 3.18. The van der Waals surface area contributed by atoms with E-state index in [1.165, 1.54) is 25.7 Å². The molecule has 3 rings (SSSR count). The number of carbonyl (C=O) groups excluding carboxylic acids is 1. The molecule has 4 nitrogen and oxygen atoms in total. The molecule has 0 bridgehead atoms. The minimum Gasteiger partial charge on any atom is -0.451 e. The lowest BCUT2D eigenvalue weighted by Gasteiger charge is -2.28. The number of anilines is 1. The predicted molar refractivity (Wildman–Crippen MR) is 84.1 cm³/mol. The molecule has 1 amide bonds. The van der Waals surface area contributed by atoms with Gasteiger partial charge in [-0.2, -0.15) is 0 Å². The van der Waals surface area contributed by atoms with Gasteiger partial charge in [-0.25, -0.2) is 0 Å². The molecule has 21 heavy (non-hydrogen) atoms. The van der Waals surface area contributed by atoms with E-state index in [1.807, 2.05) is 6.07 Å². The zero-order valence-corrected chi connectivity index (χ0v) is 12.4. The van der Waals surface area contributed by atoms with Gasteiger partial charge in [-0.15, -0.1) is 0 Å². The summed E-state index contributed by atoms with van der Waals surface area (Å²) < 4.78 is 5.58. The van der Waals surface area contributed by atoms with Crippen molar-refractivity contribution in [3.63, 3.8) is 0 Å². The highest BCUT2D eigenvalue weighted by Gasteiger charge is 2.22. The fraction of sp³-hybridized carbons (Fsp3) is 0.471. The Morgan fingerprint density at radius 1 is 1.33 bits per heavy atom. The van der Waals surface area contributed by atoms with Crippen molar-refractivity contribution in [1.82, 2.24) is 5.32 Å². The molecule has 112 valence electrons. The number of nitrogens with one attached hydrogen (secondary N) is 1. The molecule has 1 saturated carbocycles. The van der Waals surface area contributed by atoms with Crippen molar-refractivity contribution >= 4 is 22.6 Å². The van der Waals surface area contributed by atoms with E-state index in [4.69, 9.17) is 10.2 Å². The Bertz CT molecular complexity index is 647. The fourth-order valence-corrected chi connectivity index (χ4v) is 3.18. The van der Waals surface area contributed by atoms with Crippen LogP contribution < -0.4 is 11.1 Å². The van der Waals surface area contributed by atoms with E-state index < -0.39 is 0 Å². The normalized spacial score (nSPS) is 22.3. The maximum Gasteiger partial charge on any atom is 0.287 e. The lowest BCUT2D eigenvalue weighted by molar-refractivity contribution is 0.0911. The van der Waals surface area contributed by atoms with Crippen LogP contribution in [-0.2, 0) is 0 Å². The number of rotatable bonds is 3. The second kappa shape index (κ2) is 5.80. The third-order valence-electron chi connectivity index (χ3n) is 4.58. The lowest BCUT2D eigenvalue weighted by Crippen LogP contribution is -2.33. The van der Waals surface area contributed by atoms with Gasteiger partial charge in [0.25, 0.3) is 5.91 Å². The van der Waals surface area contributed by atoms with Crippen LogP contribution in [0, 0.1) is 11.8 Å². The molecule has 4 heteroatoms. The first-order valence-electron chi connectivity index (χ1n) is 7.71. The summed E-state index contributed by atoms with van der Waals surface area (Å²) in [7, 11) is 0. The average molecular weight is 286 g/mol. The van der Waals surface area contributed by atoms with Gasteiger partial charge in [0, 0.05) is 17.6 Å². The molecule has 1 aliphatic rings. The van der Waals surface area contributed by atoms with Crippen LogP contribution in [0.5, 0.6) is 0 Å². The smallest absolute Gasteiger partial charge is 0.287 e. The van der Waals surface area contributed by atoms with Gasteiger partial charge in [-0.1, -0.05) is 26.2 Å². The van der Waals surface area contributed by atoms with Crippen LogP contribution in [0.4, 0.5) is 5.69 Å². The number of benzene rings is 1. The molecule has 1 aromatic heterocycles. The van der Waals surface area contributed by atoms with Crippen LogP contribution in [0.15, 0.2) is 28.7 Å². The molecule has 1 heterocycles. The van der Waals surface area contributed by atoms with Crippen molar-refractivity contribution < 1.29 is 9.21 Å². The maximum absolute atomic E-state index is 12.2. The van der Waals surface area contributed by atoms with E-state index in [0.29, 0.717) is 28.9 Å². The molecule has 0 radical (unpaired) electrons. The number of carbonyl (C=O) groups is 1. The first-order chi connectivity index (χ1) is 10.1. The quantitative estimate of drug-likeness (QED) is 0.847. The summed E-state index contributed by atoms with van der Waals surface area (Å²) in [6.07, 6.45) is 5.06. The highest BCUT2D eigenvalue weighted by atomic mass is 16.3. The number of nitrogens with two attached hydrogens (primary N) is 1. The Morgan fingerprint density at radius 2 is 2.14 bits per heavy atom. The lowest BCUT2D eigenvalue weighted by atomic mass is 9.80. The summed E-state index contributed by atoms with van der Waals surface area (Å²) >= 11 is 0. The summed E-state index contributed by atoms with van der Waals surface area (Å²) in [5.74, 6) is 1.50. The topological polar surface area (TPSA) is 68.3 Å². The van der Waals surface area contributed by atoms with Gasteiger partial charge in [0.1, 0.15) is 5.58 Å². The van der Waals surface area contributed by atoms with Crippen molar-refractivity contribution in [3.8, 4) is 0 Å². The summed E-state index contributed by atoms with van der Waals surface area (Å²) in [6, 6.07) is 7.14. The molecule has 0 spiro atoms. The number of amides is 1. The summed E-state index contributed by atoms with van der Waals surface area (Å²) in [5, 5.41) is 3.88. The molecule has 1 fully saturated rings. The van der Waals surface area contributed by atoms with Crippen molar-refractivity contribution in [3.05, 3.63) is 30.0 Å². The first kappa shape index (κ1) is 14.0. The highest BCUT2D eigenvalue weighted by Crippen LogP contribution is 2.29. The van der Waals surface area contributed by atoms with Crippen molar-refractivity contribution in [2.75, 3.05) is 12.3 Å². The third kappa shape index (κ3) is 3.04. The molecular formula is C17H22N2O2. The van der Waals surface area contributed by atoms with Gasteiger partial charge >= 0.3 is 0 Å². The van der Waals surface area contributed by atoms with E-state index in [2.05, 4.69) is 12.2 Å². The average Bonchev–Trinajstić information content (AvgIpc) is 2.89. The van der Waals surface area contributed by atoms with Crippen LogP contribution in [0.3, 0.4) is 0 Å². The molecule has 0 saturated heterocycles. The third-order valence-corrected chi connectivity index (χ3v) is 4.58. The molecular weight excluding hydrogens is 264 g/mol. The van der Waals surface area contributed by atoms with Crippen molar-refractivity contribution in [1.29, 1.82) is 0 Å². The Labute approximate surface area is 124 Å². The second-order valence-electron chi connectivity index (χ2n) is 6.14. The SMILES string of the molecule is CC1CCCCC1CNC(=O)c1cc2cc(N)ccc2o1. The van der Waals surface area contributed by atoms with E-state index in [9.17, 15) is 4.79 Å². The molecule has 1 aliphatic carbocycles. The predicted octanol–water partition coefficient (Wildman–Crippen LogP) is 3.57. The standard InChI is InChI=1S/C17H22N2O2/c1-11-4-2-3-5-12(11)10-19-17(20)16-9-13-8-14(18)6-7-15(13)21-16/h6-9,11-12H,2-5,10,18H2,1H3,(H,19,20). The molecule has 2 atom stereocenters. The van der Waals surface area contributed by atoms with Gasteiger partial charge in [-0.05, 0) is 42.5 Å². The number of hydrogen-bond acceptors (Lipinski definition) is 3. The van der Waals surface area contributed by atoms with E-state index >= 15 is 0 Å². The van der Waals surface area contributed by atoms with E-state index in [0.717, 1.165) is 11.9 Å². The molecule has 1 aromatic carbocycles. The van der Waals surface area contributed by atoms with E-state index in [-0.39, 0.29) is 5.91 Å². The van der Waals surface area contributed by atoms with Gasteiger partial charge in [0.2, 0.25) is 0 Å². The minimum absolute atomic E-state index is 0.137. The van der Waals surface area contributed by atoms with E-state index in [1.54, 1.807) is 18.2 Å². The molecule has 0 aliphatic heterocycles. The van der Waals surface area contributed by atoms with Gasteiger partial charge in [0.05, 0.1) is 0 Å². The number of hydrogen-bond donors (Lipinski definition) is 2. The Kier molecular flexibility index (Phi) is 3.86. The van der Waals surface area contributed by atoms with Gasteiger partial charge in [-0.3, -0.25) is 4.79 Å². The Balaban J connectivity index is 1.66. The minimum atomic E-state index is -0.137.